The van der Waals surface area contributed by atoms with Crippen LogP contribution in [0.15, 0.2) is 4.52 Å². The van der Waals surface area contributed by atoms with Crippen LogP contribution in [0.2, 0.25) is 0 Å². The first-order valence-electron chi connectivity index (χ1n) is 7.63. The van der Waals surface area contributed by atoms with Crippen LogP contribution in [0, 0.1) is 11.8 Å². The molecule has 0 saturated heterocycles. The third-order valence-electron chi connectivity index (χ3n) is 4.57. The van der Waals surface area contributed by atoms with Gasteiger partial charge in [-0.1, -0.05) is 38.3 Å². The number of methoxy groups -OCH3 is 1. The summed E-state index contributed by atoms with van der Waals surface area (Å²) in [7, 11) is 1.67. The predicted octanol–water partition coefficient (Wildman–Crippen LogP) is 3.16. The first-order valence-corrected chi connectivity index (χ1v) is 7.63. The first-order chi connectivity index (χ1) is 10.0. The molecule has 1 aliphatic carbocycles. The fourth-order valence-corrected chi connectivity index (χ4v) is 2.92. The average Bonchev–Trinajstić information content (AvgIpc) is 2.97. The third kappa shape index (κ3) is 3.61. The second-order valence-electron chi connectivity index (χ2n) is 5.96. The van der Waals surface area contributed by atoms with Crippen molar-refractivity contribution in [1.82, 2.24) is 10.1 Å². The summed E-state index contributed by atoms with van der Waals surface area (Å²) in [6, 6.07) is 0. The minimum Gasteiger partial charge on any atom is -0.481 e. The summed E-state index contributed by atoms with van der Waals surface area (Å²) >= 11 is 0. The van der Waals surface area contributed by atoms with Crippen molar-refractivity contribution in [1.29, 1.82) is 0 Å². The number of hydrogen-bond acceptors (Lipinski definition) is 5. The average molecular weight is 296 g/mol. The van der Waals surface area contributed by atoms with E-state index in [-0.39, 0.29) is 12.0 Å². The van der Waals surface area contributed by atoms with E-state index in [1.165, 1.54) is 19.3 Å². The molecule has 1 aromatic rings. The van der Waals surface area contributed by atoms with Gasteiger partial charge in [0, 0.05) is 13.0 Å². The summed E-state index contributed by atoms with van der Waals surface area (Å²) in [6.07, 6.45) is 5.77. The fraction of sp³-hybridized carbons (Fsp3) is 0.800. The maximum Gasteiger partial charge on any atom is 0.307 e. The van der Waals surface area contributed by atoms with Crippen molar-refractivity contribution in [2.24, 2.45) is 11.8 Å². The summed E-state index contributed by atoms with van der Waals surface area (Å²) in [6.45, 7) is 3.43. The maximum atomic E-state index is 11.0. The van der Waals surface area contributed by atoms with Gasteiger partial charge < -0.3 is 14.4 Å². The number of nitrogens with zero attached hydrogens (tertiary/aromatic N) is 2. The SMILES string of the molecule is COC(c1noc(C(C)C(C)C(=O)O)n1)C1CCCCC1. The molecule has 1 aliphatic rings. The molecule has 1 saturated carbocycles. The molecule has 0 amide bonds. The van der Waals surface area contributed by atoms with Gasteiger partial charge in [-0.15, -0.1) is 0 Å². The quantitative estimate of drug-likeness (QED) is 0.867. The highest BCUT2D eigenvalue weighted by Crippen LogP contribution is 2.36. The van der Waals surface area contributed by atoms with E-state index in [0.717, 1.165) is 12.8 Å². The number of rotatable bonds is 6. The van der Waals surface area contributed by atoms with Crippen LogP contribution in [-0.4, -0.2) is 28.3 Å². The standard InChI is InChI=1S/C15H24N2O4/c1-9(10(2)15(18)19)14-16-13(17-21-14)12(20-3)11-7-5-4-6-8-11/h9-12H,4-8H2,1-3H3,(H,18,19). The van der Waals surface area contributed by atoms with Crippen molar-refractivity contribution in [2.45, 2.75) is 58.0 Å². The Balaban J connectivity index is 2.11. The Morgan fingerprint density at radius 2 is 2.00 bits per heavy atom. The van der Waals surface area contributed by atoms with Crippen LogP contribution in [-0.2, 0) is 9.53 Å². The molecule has 0 spiro atoms. The minimum atomic E-state index is -0.863. The number of aromatic nitrogens is 2. The lowest BCUT2D eigenvalue weighted by Gasteiger charge is -2.26. The molecule has 1 heterocycles. The van der Waals surface area contributed by atoms with Gasteiger partial charge in [-0.25, -0.2) is 0 Å². The van der Waals surface area contributed by atoms with Crippen LogP contribution >= 0.6 is 0 Å². The Bertz CT molecular complexity index is 468. The zero-order valence-electron chi connectivity index (χ0n) is 12.9. The van der Waals surface area contributed by atoms with Crippen molar-refractivity contribution in [3.8, 4) is 0 Å². The van der Waals surface area contributed by atoms with Crippen molar-refractivity contribution in [3.05, 3.63) is 11.7 Å². The van der Waals surface area contributed by atoms with Crippen molar-refractivity contribution >= 4 is 5.97 Å². The summed E-state index contributed by atoms with van der Waals surface area (Å²) in [5, 5.41) is 13.1. The largest absolute Gasteiger partial charge is 0.481 e. The van der Waals surface area contributed by atoms with Gasteiger partial charge in [-0.2, -0.15) is 4.98 Å². The molecule has 118 valence electrons. The molecule has 6 heteroatoms. The van der Waals surface area contributed by atoms with Gasteiger partial charge in [0.1, 0.15) is 6.10 Å². The number of ether oxygens (including phenoxy) is 1. The zero-order chi connectivity index (χ0) is 15.4. The Hall–Kier alpha value is -1.43. The van der Waals surface area contributed by atoms with E-state index in [0.29, 0.717) is 17.6 Å². The molecule has 3 atom stereocenters. The van der Waals surface area contributed by atoms with E-state index in [9.17, 15) is 4.79 Å². The van der Waals surface area contributed by atoms with Gasteiger partial charge >= 0.3 is 5.97 Å². The van der Waals surface area contributed by atoms with E-state index >= 15 is 0 Å². The maximum absolute atomic E-state index is 11.0. The van der Waals surface area contributed by atoms with Crippen LogP contribution in [0.5, 0.6) is 0 Å². The molecule has 1 aromatic heterocycles. The molecule has 3 unspecified atom stereocenters. The Morgan fingerprint density at radius 1 is 1.33 bits per heavy atom. The zero-order valence-corrected chi connectivity index (χ0v) is 12.9. The number of aliphatic carboxylic acids is 1. The summed E-state index contributed by atoms with van der Waals surface area (Å²) in [4.78, 5) is 15.4. The fourth-order valence-electron chi connectivity index (χ4n) is 2.92. The third-order valence-corrected chi connectivity index (χ3v) is 4.57. The number of carboxylic acid groups (broad SMARTS) is 1. The second-order valence-corrected chi connectivity index (χ2v) is 5.96. The van der Waals surface area contributed by atoms with Gasteiger partial charge in [-0.3, -0.25) is 4.79 Å². The lowest BCUT2D eigenvalue weighted by Crippen LogP contribution is -2.20. The lowest BCUT2D eigenvalue weighted by molar-refractivity contribution is -0.141. The highest BCUT2D eigenvalue weighted by atomic mass is 16.5. The molecular weight excluding hydrogens is 272 g/mol. The van der Waals surface area contributed by atoms with Crippen LogP contribution < -0.4 is 0 Å². The topological polar surface area (TPSA) is 85.5 Å². The van der Waals surface area contributed by atoms with Crippen LogP contribution in [0.1, 0.15) is 69.7 Å². The van der Waals surface area contributed by atoms with Gasteiger partial charge in [0.25, 0.3) is 0 Å². The highest BCUT2D eigenvalue weighted by molar-refractivity contribution is 5.70. The predicted molar refractivity (Wildman–Crippen MR) is 75.8 cm³/mol. The molecule has 2 rings (SSSR count). The highest BCUT2D eigenvalue weighted by Gasteiger charge is 2.31. The number of carboxylic acids is 1. The molecule has 0 bridgehead atoms. The second kappa shape index (κ2) is 7.02. The number of carbonyl (C=O) groups is 1. The molecule has 0 radical (unpaired) electrons. The van der Waals surface area contributed by atoms with Gasteiger partial charge in [0.2, 0.25) is 11.7 Å². The smallest absolute Gasteiger partial charge is 0.307 e. The molecular formula is C15H24N2O4. The van der Waals surface area contributed by atoms with Crippen molar-refractivity contribution in [2.75, 3.05) is 7.11 Å². The molecule has 1 N–H and O–H groups in total. The van der Waals surface area contributed by atoms with Gasteiger partial charge in [-0.05, 0) is 18.8 Å². The monoisotopic (exact) mass is 296 g/mol. The summed E-state index contributed by atoms with van der Waals surface area (Å²) < 4.78 is 10.8. The van der Waals surface area contributed by atoms with E-state index in [1.54, 1.807) is 21.0 Å². The van der Waals surface area contributed by atoms with Crippen molar-refractivity contribution in [3.63, 3.8) is 0 Å². The van der Waals surface area contributed by atoms with Crippen LogP contribution in [0.3, 0.4) is 0 Å². The van der Waals surface area contributed by atoms with Crippen LogP contribution in [0.4, 0.5) is 0 Å². The molecule has 6 nitrogen and oxygen atoms in total. The van der Waals surface area contributed by atoms with Gasteiger partial charge in [0.05, 0.1) is 5.92 Å². The molecule has 21 heavy (non-hydrogen) atoms. The molecule has 0 aliphatic heterocycles. The van der Waals surface area contributed by atoms with E-state index < -0.39 is 11.9 Å². The normalized spacial score (nSPS) is 20.9. The van der Waals surface area contributed by atoms with E-state index in [1.807, 2.05) is 0 Å². The first kappa shape index (κ1) is 15.9. The molecule has 1 fully saturated rings. The van der Waals surface area contributed by atoms with E-state index in [4.69, 9.17) is 14.4 Å². The summed E-state index contributed by atoms with van der Waals surface area (Å²) in [5.41, 5.74) is 0. The lowest BCUT2D eigenvalue weighted by atomic mass is 9.85. The van der Waals surface area contributed by atoms with Crippen LogP contribution in [0.25, 0.3) is 0 Å². The summed E-state index contributed by atoms with van der Waals surface area (Å²) in [5.74, 6) is -0.401. The van der Waals surface area contributed by atoms with E-state index in [2.05, 4.69) is 10.1 Å². The Morgan fingerprint density at radius 3 is 2.57 bits per heavy atom. The Kier molecular flexibility index (Phi) is 5.33. The van der Waals surface area contributed by atoms with Crippen molar-refractivity contribution < 1.29 is 19.2 Å². The van der Waals surface area contributed by atoms with Gasteiger partial charge in [0.15, 0.2) is 0 Å². The molecule has 0 aromatic carbocycles. The number of hydrogen-bond donors (Lipinski definition) is 1. The Labute approximate surface area is 124 Å². The minimum absolute atomic E-state index is 0.157.